The van der Waals surface area contributed by atoms with Crippen molar-refractivity contribution >= 4 is 5.97 Å². The van der Waals surface area contributed by atoms with Crippen LogP contribution in [0.2, 0.25) is 0 Å². The van der Waals surface area contributed by atoms with Crippen LogP contribution in [0.25, 0.3) is 0 Å². The molecule has 1 spiro atoms. The fourth-order valence-corrected chi connectivity index (χ4v) is 6.89. The van der Waals surface area contributed by atoms with Crippen molar-refractivity contribution in [1.82, 2.24) is 0 Å². The highest BCUT2D eigenvalue weighted by Crippen LogP contribution is 2.69. The zero-order chi connectivity index (χ0) is 22.5. The molecule has 0 radical (unpaired) electrons. The van der Waals surface area contributed by atoms with Crippen LogP contribution >= 0.6 is 0 Å². The van der Waals surface area contributed by atoms with Gasteiger partial charge in [-0.3, -0.25) is 4.79 Å². The van der Waals surface area contributed by atoms with Crippen LogP contribution in [0.15, 0.2) is 0 Å². The molecule has 10 heteroatoms. The number of fused-ring (bicyclic) bond motifs is 5. The van der Waals surface area contributed by atoms with Crippen LogP contribution in [0.4, 0.5) is 0 Å². The van der Waals surface area contributed by atoms with E-state index < -0.39 is 66.6 Å². The van der Waals surface area contributed by atoms with E-state index in [0.29, 0.717) is 13.0 Å². The molecule has 0 aromatic rings. The first-order valence-electron chi connectivity index (χ1n) is 11.1. The van der Waals surface area contributed by atoms with Crippen LogP contribution in [0.1, 0.15) is 27.2 Å². The van der Waals surface area contributed by atoms with Gasteiger partial charge in [0.2, 0.25) is 0 Å². The molecule has 5 aliphatic rings. The summed E-state index contributed by atoms with van der Waals surface area (Å²) in [7, 11) is 0. The lowest BCUT2D eigenvalue weighted by molar-refractivity contribution is -0.315. The average Bonchev–Trinajstić information content (AvgIpc) is 3.43. The van der Waals surface area contributed by atoms with Gasteiger partial charge >= 0.3 is 5.97 Å². The molecule has 3 saturated heterocycles. The van der Waals surface area contributed by atoms with E-state index in [0.717, 1.165) is 0 Å². The summed E-state index contributed by atoms with van der Waals surface area (Å²) < 4.78 is 23.1. The van der Waals surface area contributed by atoms with Crippen molar-refractivity contribution in [3.05, 3.63) is 0 Å². The van der Waals surface area contributed by atoms with Crippen molar-refractivity contribution in [3.8, 4) is 0 Å². The second-order valence-corrected chi connectivity index (χ2v) is 10.3. The second-order valence-electron chi connectivity index (χ2n) is 10.3. The van der Waals surface area contributed by atoms with Gasteiger partial charge < -0.3 is 44.5 Å². The molecule has 5 fully saturated rings. The summed E-state index contributed by atoms with van der Waals surface area (Å²) in [4.78, 5) is 12.8. The molecule has 2 aliphatic carbocycles. The first kappa shape index (κ1) is 22.0. The Morgan fingerprint density at radius 2 is 1.84 bits per heavy atom. The molecule has 31 heavy (non-hydrogen) atoms. The Bertz CT molecular complexity index is 738. The zero-order valence-electron chi connectivity index (χ0n) is 17.8. The Hall–Kier alpha value is -0.850. The standard InChI is InChI=1S/C21H32O10/c1-7(2)11-12-8-4-10(30-19-15(25)14(24)13(23)9(5-22)29-19)21(6-28-21)20(8,3)17(26)16(11)31-18(12)27/h7-17,19,22-26H,4-6H2,1-3H3/t8-,9+,10+,11-,12+,13+,14-,15+,16+,17+,19-,20-,21-/m1/s1. The van der Waals surface area contributed by atoms with E-state index >= 15 is 0 Å². The number of aliphatic hydroxyl groups excluding tert-OH is 5. The van der Waals surface area contributed by atoms with Gasteiger partial charge in [-0.15, -0.1) is 0 Å². The minimum absolute atomic E-state index is 0.109. The lowest BCUT2D eigenvalue weighted by Gasteiger charge is -2.49. The third kappa shape index (κ3) is 2.70. The summed E-state index contributed by atoms with van der Waals surface area (Å²) in [6.07, 6.45) is -8.70. The number of ether oxygens (including phenoxy) is 4. The van der Waals surface area contributed by atoms with E-state index in [4.69, 9.17) is 18.9 Å². The highest BCUT2D eigenvalue weighted by Gasteiger charge is 2.81. The number of hydrogen-bond acceptors (Lipinski definition) is 10. The molecule has 10 nitrogen and oxygen atoms in total. The van der Waals surface area contributed by atoms with Gasteiger partial charge in [0.05, 0.1) is 31.3 Å². The van der Waals surface area contributed by atoms with Gasteiger partial charge in [0, 0.05) is 11.3 Å². The van der Waals surface area contributed by atoms with Gasteiger partial charge in [-0.2, -0.15) is 0 Å². The fraction of sp³-hybridized carbons (Fsp3) is 0.952. The maximum Gasteiger partial charge on any atom is 0.310 e. The monoisotopic (exact) mass is 444 g/mol. The molecule has 13 atom stereocenters. The summed E-state index contributed by atoms with van der Waals surface area (Å²) >= 11 is 0. The summed E-state index contributed by atoms with van der Waals surface area (Å²) in [5.74, 6) is -0.910. The Labute approximate surface area is 180 Å². The lowest BCUT2D eigenvalue weighted by atomic mass is 9.55. The third-order valence-corrected chi connectivity index (χ3v) is 8.72. The SMILES string of the molecule is CC(C)[C@H]1[C@@H]2OC(=O)[C@H]1[C@H]1C[C@H](O[C@H]3O[C@@H](CO)[C@H](O)[C@@H](O)[C@@H]3O)[C@]3(CO3)[C@@]1(C)[C@H]2O. The number of carbonyl (C=O) groups excluding carboxylic acids is 1. The number of aliphatic hydroxyl groups is 5. The van der Waals surface area contributed by atoms with Gasteiger partial charge in [-0.05, 0) is 18.3 Å². The van der Waals surface area contributed by atoms with Crippen LogP contribution < -0.4 is 0 Å². The normalized spacial score (nSPS) is 58.0. The maximum atomic E-state index is 12.8. The molecule has 5 rings (SSSR count). The Morgan fingerprint density at radius 3 is 2.42 bits per heavy atom. The molecule has 0 aromatic carbocycles. The van der Waals surface area contributed by atoms with Gasteiger partial charge in [0.15, 0.2) is 6.29 Å². The molecule has 0 amide bonds. The van der Waals surface area contributed by atoms with E-state index in [1.807, 2.05) is 20.8 Å². The Kier molecular flexibility index (Phi) is 5.01. The topological polar surface area (TPSA) is 158 Å². The van der Waals surface area contributed by atoms with E-state index in [-0.39, 0.29) is 29.6 Å². The van der Waals surface area contributed by atoms with Crippen LogP contribution in [-0.4, -0.2) is 99.3 Å². The summed E-state index contributed by atoms with van der Waals surface area (Å²) in [6.45, 7) is 5.70. The smallest absolute Gasteiger partial charge is 0.310 e. The molecular weight excluding hydrogens is 412 g/mol. The Balaban J connectivity index is 1.44. The molecule has 3 aliphatic heterocycles. The number of rotatable bonds is 4. The highest BCUT2D eigenvalue weighted by atomic mass is 16.7. The Morgan fingerprint density at radius 1 is 1.16 bits per heavy atom. The number of carbonyl (C=O) groups is 1. The molecule has 0 unspecified atom stereocenters. The van der Waals surface area contributed by atoms with Crippen LogP contribution in [-0.2, 0) is 23.7 Å². The molecule has 5 N–H and O–H groups in total. The molecular formula is C21H32O10. The number of esters is 1. The zero-order valence-corrected chi connectivity index (χ0v) is 17.8. The first-order chi connectivity index (χ1) is 14.6. The van der Waals surface area contributed by atoms with Crippen molar-refractivity contribution in [2.75, 3.05) is 13.2 Å². The lowest BCUT2D eigenvalue weighted by Crippen LogP contribution is -2.62. The van der Waals surface area contributed by atoms with Crippen molar-refractivity contribution in [2.24, 2.45) is 29.1 Å². The van der Waals surface area contributed by atoms with Crippen LogP contribution in [0.5, 0.6) is 0 Å². The second kappa shape index (κ2) is 7.07. The predicted molar refractivity (Wildman–Crippen MR) is 101 cm³/mol. The minimum Gasteiger partial charge on any atom is -0.459 e. The summed E-state index contributed by atoms with van der Waals surface area (Å²) in [6, 6.07) is 0. The van der Waals surface area contributed by atoms with Gasteiger partial charge in [-0.1, -0.05) is 20.8 Å². The van der Waals surface area contributed by atoms with Gasteiger partial charge in [0.1, 0.15) is 36.1 Å². The van der Waals surface area contributed by atoms with E-state index in [1.165, 1.54) is 0 Å². The van der Waals surface area contributed by atoms with Gasteiger partial charge in [0.25, 0.3) is 0 Å². The van der Waals surface area contributed by atoms with E-state index in [2.05, 4.69) is 0 Å². The molecule has 3 heterocycles. The van der Waals surface area contributed by atoms with Crippen molar-refractivity contribution in [3.63, 3.8) is 0 Å². The third-order valence-electron chi connectivity index (χ3n) is 8.72. The van der Waals surface area contributed by atoms with E-state index in [9.17, 15) is 30.3 Å². The molecule has 0 aromatic heterocycles. The van der Waals surface area contributed by atoms with Crippen molar-refractivity contribution < 1.29 is 49.3 Å². The van der Waals surface area contributed by atoms with Gasteiger partial charge in [-0.25, -0.2) is 0 Å². The number of hydrogen-bond donors (Lipinski definition) is 5. The van der Waals surface area contributed by atoms with E-state index in [1.54, 1.807) is 0 Å². The molecule has 2 bridgehead atoms. The number of epoxide rings is 1. The van der Waals surface area contributed by atoms with Crippen LogP contribution in [0, 0.1) is 29.1 Å². The first-order valence-corrected chi connectivity index (χ1v) is 11.1. The summed E-state index contributed by atoms with van der Waals surface area (Å²) in [5, 5.41) is 51.3. The predicted octanol–water partition coefficient (Wildman–Crippen LogP) is -1.84. The quantitative estimate of drug-likeness (QED) is 0.246. The maximum absolute atomic E-state index is 12.8. The minimum atomic E-state index is -1.55. The fourth-order valence-electron chi connectivity index (χ4n) is 6.89. The average molecular weight is 444 g/mol. The highest BCUT2D eigenvalue weighted by molar-refractivity contribution is 5.77. The largest absolute Gasteiger partial charge is 0.459 e. The van der Waals surface area contributed by atoms with Crippen LogP contribution in [0.3, 0.4) is 0 Å². The molecule has 2 saturated carbocycles. The molecule has 176 valence electrons. The van der Waals surface area contributed by atoms with Crippen molar-refractivity contribution in [2.45, 2.75) is 81.8 Å². The summed E-state index contributed by atoms with van der Waals surface area (Å²) in [5.41, 5.74) is -1.67. The van der Waals surface area contributed by atoms with Crippen molar-refractivity contribution in [1.29, 1.82) is 0 Å².